The van der Waals surface area contributed by atoms with Crippen LogP contribution < -0.4 is 15.4 Å². The number of methoxy groups -OCH3 is 1. The Kier molecular flexibility index (Phi) is 6.34. The van der Waals surface area contributed by atoms with Crippen molar-refractivity contribution in [1.82, 2.24) is 10.6 Å². The molecule has 0 spiro atoms. The van der Waals surface area contributed by atoms with Crippen molar-refractivity contribution in [2.24, 2.45) is 0 Å². The third kappa shape index (κ3) is 4.81. The number of benzene rings is 1. The van der Waals surface area contributed by atoms with Crippen LogP contribution in [0.4, 0.5) is 0 Å². The van der Waals surface area contributed by atoms with Crippen LogP contribution in [-0.2, 0) is 16.1 Å². The van der Waals surface area contributed by atoms with E-state index in [4.69, 9.17) is 4.74 Å². The Labute approximate surface area is 144 Å². The van der Waals surface area contributed by atoms with Gasteiger partial charge in [-0.2, -0.15) is 0 Å². The van der Waals surface area contributed by atoms with E-state index in [0.717, 1.165) is 16.0 Å². The molecule has 1 aromatic heterocycles. The van der Waals surface area contributed by atoms with E-state index in [1.54, 1.807) is 25.3 Å². The third-order valence-corrected chi connectivity index (χ3v) is 4.57. The van der Waals surface area contributed by atoms with Gasteiger partial charge >= 0.3 is 11.8 Å². The molecule has 1 atom stereocenters. The molecule has 0 saturated carbocycles. The van der Waals surface area contributed by atoms with E-state index in [1.165, 1.54) is 11.3 Å². The van der Waals surface area contributed by atoms with Gasteiger partial charge in [-0.1, -0.05) is 12.1 Å². The lowest BCUT2D eigenvalue weighted by molar-refractivity contribution is -0.139. The number of hydrogen-bond donors (Lipinski definition) is 3. The Morgan fingerprint density at radius 1 is 1.25 bits per heavy atom. The molecule has 0 saturated heterocycles. The van der Waals surface area contributed by atoms with Crippen molar-refractivity contribution >= 4 is 23.2 Å². The zero-order valence-electron chi connectivity index (χ0n) is 13.5. The minimum Gasteiger partial charge on any atom is -0.497 e. The summed E-state index contributed by atoms with van der Waals surface area (Å²) >= 11 is 1.41. The molecule has 0 aliphatic rings. The summed E-state index contributed by atoms with van der Waals surface area (Å²) in [6.07, 6.45) is -0.819. The molecule has 3 N–H and O–H groups in total. The van der Waals surface area contributed by atoms with Gasteiger partial charge in [-0.05, 0) is 41.6 Å². The zero-order chi connectivity index (χ0) is 17.5. The van der Waals surface area contributed by atoms with E-state index in [-0.39, 0.29) is 13.1 Å². The van der Waals surface area contributed by atoms with Gasteiger partial charge in [0.15, 0.2) is 0 Å². The number of nitrogens with one attached hydrogen (secondary N) is 2. The summed E-state index contributed by atoms with van der Waals surface area (Å²) in [6, 6.07) is 9.10. The van der Waals surface area contributed by atoms with E-state index >= 15 is 0 Å². The second kappa shape index (κ2) is 8.47. The number of aryl methyl sites for hydroxylation is 1. The van der Waals surface area contributed by atoms with Gasteiger partial charge in [0.05, 0.1) is 7.11 Å². The lowest BCUT2D eigenvalue weighted by Gasteiger charge is -2.11. The monoisotopic (exact) mass is 348 g/mol. The summed E-state index contributed by atoms with van der Waals surface area (Å²) in [7, 11) is 1.56. The summed E-state index contributed by atoms with van der Waals surface area (Å²) in [4.78, 5) is 24.4. The Balaban J connectivity index is 1.79. The summed E-state index contributed by atoms with van der Waals surface area (Å²) in [5.41, 5.74) is 1.79. The van der Waals surface area contributed by atoms with Gasteiger partial charge in [0.1, 0.15) is 11.9 Å². The van der Waals surface area contributed by atoms with Crippen LogP contribution in [-0.4, -0.2) is 30.6 Å². The van der Waals surface area contributed by atoms with Gasteiger partial charge in [-0.3, -0.25) is 9.59 Å². The molecule has 1 heterocycles. The molecule has 0 fully saturated rings. The summed E-state index contributed by atoms with van der Waals surface area (Å²) < 4.78 is 5.10. The first kappa shape index (κ1) is 18.0. The topological polar surface area (TPSA) is 87.7 Å². The van der Waals surface area contributed by atoms with E-state index in [1.807, 2.05) is 24.4 Å². The minimum absolute atomic E-state index is 0.00718. The molecule has 2 amide bonds. The van der Waals surface area contributed by atoms with Crippen molar-refractivity contribution in [3.8, 4) is 5.75 Å². The normalized spacial score (nSPS) is 11.6. The molecule has 2 rings (SSSR count). The number of hydrogen-bond acceptors (Lipinski definition) is 5. The van der Waals surface area contributed by atoms with Crippen LogP contribution in [0.5, 0.6) is 5.75 Å². The van der Waals surface area contributed by atoms with Crippen molar-refractivity contribution in [3.05, 3.63) is 51.7 Å². The van der Waals surface area contributed by atoms with Crippen LogP contribution >= 0.6 is 11.3 Å². The first-order valence-corrected chi connectivity index (χ1v) is 8.30. The highest BCUT2D eigenvalue weighted by Gasteiger charge is 2.17. The number of aliphatic hydroxyl groups excluding tert-OH is 1. The Morgan fingerprint density at radius 3 is 2.67 bits per heavy atom. The minimum atomic E-state index is -0.819. The van der Waals surface area contributed by atoms with Gasteiger partial charge < -0.3 is 20.5 Å². The third-order valence-electron chi connectivity index (χ3n) is 3.45. The SMILES string of the molecule is COc1cccc(CNC(=O)C(=O)NC[C@H](O)c2sccc2C)c1. The zero-order valence-corrected chi connectivity index (χ0v) is 14.4. The summed E-state index contributed by atoms with van der Waals surface area (Å²) in [5.74, 6) is -0.834. The van der Waals surface area contributed by atoms with Crippen molar-refractivity contribution < 1.29 is 19.4 Å². The molecule has 0 aliphatic heterocycles. The van der Waals surface area contributed by atoms with Crippen molar-refractivity contribution in [3.63, 3.8) is 0 Å². The Morgan fingerprint density at radius 2 is 2.00 bits per heavy atom. The lowest BCUT2D eigenvalue weighted by atomic mass is 10.2. The highest BCUT2D eigenvalue weighted by Crippen LogP contribution is 2.23. The number of amides is 2. The highest BCUT2D eigenvalue weighted by atomic mass is 32.1. The molecular formula is C17H20N2O4S. The average molecular weight is 348 g/mol. The molecule has 2 aromatic rings. The van der Waals surface area contributed by atoms with E-state index in [2.05, 4.69) is 10.6 Å². The van der Waals surface area contributed by atoms with Gasteiger partial charge in [0, 0.05) is 18.0 Å². The van der Waals surface area contributed by atoms with Crippen molar-refractivity contribution in [2.45, 2.75) is 19.6 Å². The Hall–Kier alpha value is -2.38. The summed E-state index contributed by atoms with van der Waals surface area (Å²) in [5, 5.41) is 16.9. The number of aliphatic hydroxyl groups is 1. The second-order valence-electron chi connectivity index (χ2n) is 5.23. The molecule has 0 aliphatic carbocycles. The van der Waals surface area contributed by atoms with Gasteiger partial charge in [-0.25, -0.2) is 0 Å². The summed E-state index contributed by atoms with van der Waals surface area (Å²) in [6.45, 7) is 2.10. The number of rotatable bonds is 6. The predicted octanol–water partition coefficient (Wildman–Crippen LogP) is 1.53. The molecule has 7 heteroatoms. The fourth-order valence-electron chi connectivity index (χ4n) is 2.13. The largest absolute Gasteiger partial charge is 0.497 e. The molecule has 0 bridgehead atoms. The molecule has 0 unspecified atom stereocenters. The number of carbonyl (C=O) groups excluding carboxylic acids is 2. The molecule has 24 heavy (non-hydrogen) atoms. The molecule has 128 valence electrons. The number of ether oxygens (including phenoxy) is 1. The molecule has 6 nitrogen and oxygen atoms in total. The highest BCUT2D eigenvalue weighted by molar-refractivity contribution is 7.10. The molecular weight excluding hydrogens is 328 g/mol. The van der Waals surface area contributed by atoms with E-state index in [0.29, 0.717) is 5.75 Å². The number of thiophene rings is 1. The van der Waals surface area contributed by atoms with E-state index < -0.39 is 17.9 Å². The van der Waals surface area contributed by atoms with Gasteiger partial charge in [-0.15, -0.1) is 11.3 Å². The van der Waals surface area contributed by atoms with E-state index in [9.17, 15) is 14.7 Å². The van der Waals surface area contributed by atoms with Crippen LogP contribution in [0.25, 0.3) is 0 Å². The second-order valence-corrected chi connectivity index (χ2v) is 6.18. The lowest BCUT2D eigenvalue weighted by Crippen LogP contribution is -2.41. The molecule has 0 radical (unpaired) electrons. The standard InChI is InChI=1S/C17H20N2O4S/c1-11-6-7-24-15(11)14(20)10-19-17(22)16(21)18-9-12-4-3-5-13(8-12)23-2/h3-8,14,20H,9-10H2,1-2H3,(H,18,21)(H,19,22)/t14-/m0/s1. The predicted molar refractivity (Wildman–Crippen MR) is 91.9 cm³/mol. The fourth-order valence-corrected chi connectivity index (χ4v) is 3.05. The maximum atomic E-state index is 11.8. The smallest absolute Gasteiger partial charge is 0.309 e. The number of carbonyl (C=O) groups is 2. The quantitative estimate of drug-likeness (QED) is 0.691. The molecule has 1 aromatic carbocycles. The van der Waals surface area contributed by atoms with Gasteiger partial charge in [0.2, 0.25) is 0 Å². The maximum absolute atomic E-state index is 11.8. The van der Waals surface area contributed by atoms with Crippen LogP contribution in [0.15, 0.2) is 35.7 Å². The van der Waals surface area contributed by atoms with Crippen LogP contribution in [0.3, 0.4) is 0 Å². The first-order chi connectivity index (χ1) is 11.5. The van der Waals surface area contributed by atoms with Crippen LogP contribution in [0.2, 0.25) is 0 Å². The Bertz CT molecular complexity index is 714. The van der Waals surface area contributed by atoms with Crippen LogP contribution in [0.1, 0.15) is 22.1 Å². The van der Waals surface area contributed by atoms with Crippen molar-refractivity contribution in [1.29, 1.82) is 0 Å². The van der Waals surface area contributed by atoms with Crippen molar-refractivity contribution in [2.75, 3.05) is 13.7 Å². The maximum Gasteiger partial charge on any atom is 0.309 e. The fraction of sp³-hybridized carbons (Fsp3) is 0.294. The average Bonchev–Trinajstić information content (AvgIpc) is 3.03. The first-order valence-electron chi connectivity index (χ1n) is 7.42. The van der Waals surface area contributed by atoms with Crippen LogP contribution in [0, 0.1) is 6.92 Å². The van der Waals surface area contributed by atoms with Gasteiger partial charge in [0.25, 0.3) is 0 Å².